The zero-order valence-electron chi connectivity index (χ0n) is 12.0. The molecule has 20 heavy (non-hydrogen) atoms. The molecule has 0 radical (unpaired) electrons. The normalized spacial score (nSPS) is 10.8. The van der Waals surface area contributed by atoms with Gasteiger partial charge in [-0.15, -0.1) is 11.3 Å². The van der Waals surface area contributed by atoms with Crippen molar-refractivity contribution in [3.05, 3.63) is 58.3 Å². The Bertz CT molecular complexity index is 523. The first-order valence-electron chi connectivity index (χ1n) is 6.68. The summed E-state index contributed by atoms with van der Waals surface area (Å²) >= 11 is 1.50. The first kappa shape index (κ1) is 14.8. The molecule has 0 aliphatic rings. The fourth-order valence-electron chi connectivity index (χ4n) is 1.93. The molecule has 3 nitrogen and oxygen atoms in total. The maximum absolute atomic E-state index is 12.5. The molecule has 2 aromatic rings. The minimum atomic E-state index is 0.116. The van der Waals surface area contributed by atoms with Gasteiger partial charge in [0.15, 0.2) is 0 Å². The van der Waals surface area contributed by atoms with Crippen LogP contribution in [-0.4, -0.2) is 42.9 Å². The van der Waals surface area contributed by atoms with Crippen LogP contribution in [-0.2, 0) is 6.54 Å². The highest BCUT2D eigenvalue weighted by Gasteiger charge is 2.16. The van der Waals surface area contributed by atoms with Crippen molar-refractivity contribution in [1.82, 2.24) is 9.80 Å². The second-order valence-electron chi connectivity index (χ2n) is 4.99. The Hall–Kier alpha value is -1.65. The SMILES string of the molecule is CN(C)CCN(Cc1ccccc1)C(=O)c1cccs1. The van der Waals surface area contributed by atoms with E-state index >= 15 is 0 Å². The van der Waals surface area contributed by atoms with Crippen molar-refractivity contribution in [2.75, 3.05) is 27.2 Å². The van der Waals surface area contributed by atoms with E-state index < -0.39 is 0 Å². The number of carbonyl (C=O) groups excluding carboxylic acids is 1. The summed E-state index contributed by atoms with van der Waals surface area (Å²) in [5, 5.41) is 1.94. The molecule has 1 heterocycles. The summed E-state index contributed by atoms with van der Waals surface area (Å²) in [6, 6.07) is 13.9. The Morgan fingerprint density at radius 3 is 2.40 bits per heavy atom. The average Bonchev–Trinajstić information content (AvgIpc) is 2.97. The first-order chi connectivity index (χ1) is 9.66. The Kier molecular flexibility index (Phi) is 5.32. The number of hydrogen-bond acceptors (Lipinski definition) is 3. The van der Waals surface area contributed by atoms with Gasteiger partial charge in [-0.05, 0) is 31.1 Å². The Morgan fingerprint density at radius 2 is 1.80 bits per heavy atom. The van der Waals surface area contributed by atoms with Crippen LogP contribution in [0.4, 0.5) is 0 Å². The van der Waals surface area contributed by atoms with Crippen molar-refractivity contribution >= 4 is 17.2 Å². The van der Waals surface area contributed by atoms with Crippen LogP contribution in [0.2, 0.25) is 0 Å². The average molecular weight is 288 g/mol. The molecular weight excluding hydrogens is 268 g/mol. The lowest BCUT2D eigenvalue weighted by molar-refractivity contribution is 0.0737. The van der Waals surface area contributed by atoms with Gasteiger partial charge in [-0.1, -0.05) is 36.4 Å². The summed E-state index contributed by atoms with van der Waals surface area (Å²) in [4.78, 5) is 17.4. The van der Waals surface area contributed by atoms with E-state index in [4.69, 9.17) is 0 Å². The summed E-state index contributed by atoms with van der Waals surface area (Å²) in [7, 11) is 4.05. The number of benzene rings is 1. The Labute approximate surface area is 124 Å². The van der Waals surface area contributed by atoms with Crippen molar-refractivity contribution in [3.8, 4) is 0 Å². The molecule has 0 atom stereocenters. The quantitative estimate of drug-likeness (QED) is 0.816. The molecule has 0 unspecified atom stereocenters. The molecule has 2 rings (SSSR count). The smallest absolute Gasteiger partial charge is 0.264 e. The topological polar surface area (TPSA) is 23.6 Å². The van der Waals surface area contributed by atoms with Crippen LogP contribution in [0.3, 0.4) is 0 Å². The number of carbonyl (C=O) groups is 1. The molecule has 0 aliphatic heterocycles. The Balaban J connectivity index is 2.10. The minimum absolute atomic E-state index is 0.116. The van der Waals surface area contributed by atoms with Crippen LogP contribution in [0.5, 0.6) is 0 Å². The molecule has 0 saturated heterocycles. The lowest BCUT2D eigenvalue weighted by atomic mass is 10.2. The number of hydrogen-bond donors (Lipinski definition) is 0. The summed E-state index contributed by atoms with van der Waals surface area (Å²) < 4.78 is 0. The van der Waals surface area contributed by atoms with Crippen LogP contribution in [0, 0.1) is 0 Å². The number of nitrogens with zero attached hydrogens (tertiary/aromatic N) is 2. The molecule has 0 aliphatic carbocycles. The van der Waals surface area contributed by atoms with Crippen molar-refractivity contribution in [2.45, 2.75) is 6.54 Å². The molecule has 0 saturated carbocycles. The highest BCUT2D eigenvalue weighted by Crippen LogP contribution is 2.14. The van der Waals surface area contributed by atoms with Crippen LogP contribution in [0.15, 0.2) is 47.8 Å². The molecule has 1 aromatic heterocycles. The van der Waals surface area contributed by atoms with Gasteiger partial charge < -0.3 is 9.80 Å². The van der Waals surface area contributed by atoms with Gasteiger partial charge in [0.05, 0.1) is 4.88 Å². The van der Waals surface area contributed by atoms with Crippen molar-refractivity contribution in [2.24, 2.45) is 0 Å². The Morgan fingerprint density at radius 1 is 1.05 bits per heavy atom. The summed E-state index contributed by atoms with van der Waals surface area (Å²) in [5.41, 5.74) is 1.16. The van der Waals surface area contributed by atoms with Gasteiger partial charge in [0.25, 0.3) is 5.91 Å². The molecule has 0 spiro atoms. The van der Waals surface area contributed by atoms with Crippen molar-refractivity contribution < 1.29 is 4.79 Å². The molecule has 1 amide bonds. The number of amides is 1. The maximum atomic E-state index is 12.5. The lowest BCUT2D eigenvalue weighted by Gasteiger charge is -2.24. The number of thiophene rings is 1. The maximum Gasteiger partial charge on any atom is 0.264 e. The fourth-order valence-corrected chi connectivity index (χ4v) is 2.62. The van der Waals surface area contributed by atoms with Crippen molar-refractivity contribution in [1.29, 1.82) is 0 Å². The van der Waals surface area contributed by atoms with E-state index in [9.17, 15) is 4.79 Å². The monoisotopic (exact) mass is 288 g/mol. The predicted octanol–water partition coefficient (Wildman–Crippen LogP) is 2.95. The summed E-state index contributed by atoms with van der Waals surface area (Å²) in [5.74, 6) is 0.116. The van der Waals surface area contributed by atoms with Gasteiger partial charge in [0.2, 0.25) is 0 Å². The highest BCUT2D eigenvalue weighted by atomic mass is 32.1. The third-order valence-electron chi connectivity index (χ3n) is 3.05. The predicted molar refractivity (Wildman–Crippen MR) is 84.1 cm³/mol. The second kappa shape index (κ2) is 7.22. The van der Waals surface area contributed by atoms with E-state index in [0.29, 0.717) is 6.54 Å². The number of rotatable bonds is 6. The van der Waals surface area contributed by atoms with E-state index in [-0.39, 0.29) is 5.91 Å². The second-order valence-corrected chi connectivity index (χ2v) is 5.94. The van der Waals surface area contributed by atoms with Crippen molar-refractivity contribution in [3.63, 3.8) is 0 Å². The lowest BCUT2D eigenvalue weighted by Crippen LogP contribution is -2.35. The molecule has 1 aromatic carbocycles. The van der Waals surface area contributed by atoms with E-state index in [2.05, 4.69) is 17.0 Å². The molecule has 106 valence electrons. The van der Waals surface area contributed by atoms with E-state index in [0.717, 1.165) is 23.5 Å². The van der Waals surface area contributed by atoms with Crippen LogP contribution < -0.4 is 0 Å². The zero-order chi connectivity index (χ0) is 14.4. The van der Waals surface area contributed by atoms with Gasteiger partial charge in [-0.3, -0.25) is 4.79 Å². The minimum Gasteiger partial charge on any atom is -0.332 e. The number of likely N-dealkylation sites (N-methyl/N-ethyl adjacent to an activating group) is 1. The third kappa shape index (κ3) is 4.18. The van der Waals surface area contributed by atoms with Gasteiger partial charge in [0.1, 0.15) is 0 Å². The molecule has 4 heteroatoms. The third-order valence-corrected chi connectivity index (χ3v) is 3.91. The van der Waals surface area contributed by atoms with E-state index in [1.807, 2.05) is 54.7 Å². The first-order valence-corrected chi connectivity index (χ1v) is 7.56. The standard InChI is InChI=1S/C16H20N2OS/c1-17(2)10-11-18(13-14-7-4-3-5-8-14)16(19)15-9-6-12-20-15/h3-9,12H,10-11,13H2,1-2H3. The highest BCUT2D eigenvalue weighted by molar-refractivity contribution is 7.12. The van der Waals surface area contributed by atoms with Gasteiger partial charge in [-0.2, -0.15) is 0 Å². The molecule has 0 fully saturated rings. The summed E-state index contributed by atoms with van der Waals surface area (Å²) in [6.07, 6.45) is 0. The largest absolute Gasteiger partial charge is 0.332 e. The molecule has 0 bridgehead atoms. The fraction of sp³-hybridized carbons (Fsp3) is 0.312. The molecule has 0 N–H and O–H groups in total. The van der Waals surface area contributed by atoms with Gasteiger partial charge >= 0.3 is 0 Å². The van der Waals surface area contributed by atoms with Gasteiger partial charge in [-0.25, -0.2) is 0 Å². The molecular formula is C16H20N2OS. The van der Waals surface area contributed by atoms with E-state index in [1.54, 1.807) is 0 Å². The van der Waals surface area contributed by atoms with Crippen LogP contribution in [0.25, 0.3) is 0 Å². The van der Waals surface area contributed by atoms with Crippen LogP contribution >= 0.6 is 11.3 Å². The van der Waals surface area contributed by atoms with Crippen LogP contribution in [0.1, 0.15) is 15.2 Å². The summed E-state index contributed by atoms with van der Waals surface area (Å²) in [6.45, 7) is 2.26. The van der Waals surface area contributed by atoms with E-state index in [1.165, 1.54) is 11.3 Å². The zero-order valence-corrected chi connectivity index (χ0v) is 12.8. The van der Waals surface area contributed by atoms with Gasteiger partial charge in [0, 0.05) is 19.6 Å².